The normalized spacial score (nSPS) is 16.2. The zero-order valence-corrected chi connectivity index (χ0v) is 15.3. The van der Waals surface area contributed by atoms with Crippen molar-refractivity contribution in [2.45, 2.75) is 25.8 Å². The molecule has 138 valence electrons. The molecule has 1 heterocycles. The van der Waals surface area contributed by atoms with Gasteiger partial charge in [0.05, 0.1) is 30.5 Å². The highest BCUT2D eigenvalue weighted by molar-refractivity contribution is 6.33. The summed E-state index contributed by atoms with van der Waals surface area (Å²) in [6.45, 7) is 3.07. The van der Waals surface area contributed by atoms with Crippen LogP contribution in [0.25, 0.3) is 0 Å². The van der Waals surface area contributed by atoms with Gasteiger partial charge in [-0.2, -0.15) is 0 Å². The van der Waals surface area contributed by atoms with Gasteiger partial charge in [0.2, 0.25) is 0 Å². The first kappa shape index (κ1) is 19.2. The second-order valence-corrected chi connectivity index (χ2v) is 6.48. The Labute approximate surface area is 151 Å². The number of halogens is 1. The van der Waals surface area contributed by atoms with Gasteiger partial charge in [0, 0.05) is 19.1 Å². The summed E-state index contributed by atoms with van der Waals surface area (Å²) in [5, 5.41) is 12.7. The van der Waals surface area contributed by atoms with Gasteiger partial charge in [-0.1, -0.05) is 11.6 Å². The number of benzene rings is 1. The van der Waals surface area contributed by atoms with Gasteiger partial charge in [-0.05, 0) is 37.8 Å². The molecule has 0 aromatic heterocycles. The Bertz CT molecular complexity index is 644. The van der Waals surface area contributed by atoms with Gasteiger partial charge in [-0.25, -0.2) is 9.59 Å². The fourth-order valence-electron chi connectivity index (χ4n) is 3.10. The number of likely N-dealkylation sites (tertiary alicyclic amines) is 1. The zero-order valence-electron chi connectivity index (χ0n) is 14.5. The zero-order chi connectivity index (χ0) is 18.6. The summed E-state index contributed by atoms with van der Waals surface area (Å²) in [4.78, 5) is 24.2. The highest BCUT2D eigenvalue weighted by Gasteiger charge is 2.27. The van der Waals surface area contributed by atoms with Gasteiger partial charge < -0.3 is 24.8 Å². The highest BCUT2D eigenvalue weighted by Crippen LogP contribution is 2.36. The van der Waals surface area contributed by atoms with Crippen molar-refractivity contribution in [2.75, 3.05) is 32.6 Å². The van der Waals surface area contributed by atoms with Crippen molar-refractivity contribution in [3.63, 3.8) is 0 Å². The Morgan fingerprint density at radius 3 is 2.48 bits per heavy atom. The molecule has 2 N–H and O–H groups in total. The molecule has 1 fully saturated rings. The molecule has 8 heteroatoms. The molecule has 1 atom stereocenters. The van der Waals surface area contributed by atoms with E-state index in [2.05, 4.69) is 5.32 Å². The second-order valence-electron chi connectivity index (χ2n) is 6.07. The number of piperidine rings is 1. The van der Waals surface area contributed by atoms with Crippen molar-refractivity contribution in [1.29, 1.82) is 0 Å². The molecule has 25 heavy (non-hydrogen) atoms. The van der Waals surface area contributed by atoms with Crippen molar-refractivity contribution < 1.29 is 24.2 Å². The number of ether oxygens (including phenoxy) is 2. The molecule has 0 spiro atoms. The number of carbonyl (C=O) groups is 2. The lowest BCUT2D eigenvalue weighted by Crippen LogP contribution is -2.41. The van der Waals surface area contributed by atoms with Gasteiger partial charge >= 0.3 is 12.1 Å². The lowest BCUT2D eigenvalue weighted by atomic mass is 9.90. The minimum Gasteiger partial charge on any atom is -0.493 e. The number of carboxylic acid groups (broad SMARTS) is 1. The first-order chi connectivity index (χ1) is 11.9. The van der Waals surface area contributed by atoms with Crippen LogP contribution in [0.1, 0.15) is 30.1 Å². The van der Waals surface area contributed by atoms with E-state index in [1.54, 1.807) is 6.07 Å². The molecule has 0 radical (unpaired) electrons. The monoisotopic (exact) mass is 370 g/mol. The Morgan fingerprint density at radius 2 is 1.96 bits per heavy atom. The molecule has 0 saturated carbocycles. The van der Waals surface area contributed by atoms with E-state index < -0.39 is 12.1 Å². The summed E-state index contributed by atoms with van der Waals surface area (Å²) in [5.41, 5.74) is 0.951. The average molecular weight is 371 g/mol. The third-order valence-electron chi connectivity index (χ3n) is 4.57. The maximum atomic E-state index is 11.8. The Hall–Kier alpha value is -2.15. The fourth-order valence-corrected chi connectivity index (χ4v) is 3.39. The Morgan fingerprint density at radius 1 is 1.32 bits per heavy atom. The van der Waals surface area contributed by atoms with Gasteiger partial charge in [0.1, 0.15) is 0 Å². The third kappa shape index (κ3) is 4.48. The van der Waals surface area contributed by atoms with Crippen molar-refractivity contribution in [1.82, 2.24) is 4.90 Å². The summed E-state index contributed by atoms with van der Waals surface area (Å²) in [6.07, 6.45) is 0.665. The molecule has 1 aromatic carbocycles. The molecular formula is C17H23ClN2O5. The Kier molecular flexibility index (Phi) is 6.36. The van der Waals surface area contributed by atoms with Crippen LogP contribution in [0.4, 0.5) is 10.5 Å². The van der Waals surface area contributed by atoms with Crippen LogP contribution in [0.3, 0.4) is 0 Å². The number of nitrogens with one attached hydrogen (secondary N) is 1. The number of amides is 1. The van der Waals surface area contributed by atoms with E-state index >= 15 is 0 Å². The van der Waals surface area contributed by atoms with E-state index in [0.717, 1.165) is 12.8 Å². The van der Waals surface area contributed by atoms with Crippen LogP contribution in [0.5, 0.6) is 5.75 Å². The van der Waals surface area contributed by atoms with Crippen molar-refractivity contribution in [3.8, 4) is 5.75 Å². The van der Waals surface area contributed by atoms with Crippen LogP contribution in [0.15, 0.2) is 12.1 Å². The SMILES string of the molecule is COC(=O)c1cc(Cl)c(OC)c(NC(C)C2CCN(C(=O)O)CC2)c1. The van der Waals surface area contributed by atoms with Crippen molar-refractivity contribution >= 4 is 29.4 Å². The van der Waals surface area contributed by atoms with Crippen LogP contribution >= 0.6 is 11.6 Å². The molecule has 1 unspecified atom stereocenters. The van der Waals surface area contributed by atoms with Crippen LogP contribution in [0.2, 0.25) is 5.02 Å². The predicted octanol–water partition coefficient (Wildman–Crippen LogP) is 3.33. The standard InChI is InChI=1S/C17H23ClN2O5/c1-10(11-4-6-20(7-5-11)17(22)23)19-14-9-12(16(21)25-3)8-13(18)15(14)24-2/h8-11,19H,4-7H2,1-3H3,(H,22,23). The van der Waals surface area contributed by atoms with E-state index in [4.69, 9.17) is 26.2 Å². The first-order valence-electron chi connectivity index (χ1n) is 8.07. The molecule has 1 aliphatic rings. The summed E-state index contributed by atoms with van der Waals surface area (Å²) < 4.78 is 10.1. The number of carbonyl (C=O) groups excluding carboxylic acids is 1. The largest absolute Gasteiger partial charge is 0.493 e. The number of methoxy groups -OCH3 is 2. The molecule has 1 amide bonds. The minimum atomic E-state index is -0.877. The van der Waals surface area contributed by atoms with Gasteiger partial charge in [0.15, 0.2) is 5.75 Å². The maximum Gasteiger partial charge on any atom is 0.407 e. The van der Waals surface area contributed by atoms with Crippen molar-refractivity contribution in [3.05, 3.63) is 22.7 Å². The van der Waals surface area contributed by atoms with Crippen LogP contribution < -0.4 is 10.1 Å². The second kappa shape index (κ2) is 8.29. The summed E-state index contributed by atoms with van der Waals surface area (Å²) in [7, 11) is 2.83. The molecule has 2 rings (SSSR count). The quantitative estimate of drug-likeness (QED) is 0.773. The Balaban J connectivity index is 2.14. The maximum absolute atomic E-state index is 11.8. The first-order valence-corrected chi connectivity index (χ1v) is 8.45. The topological polar surface area (TPSA) is 88.1 Å². The van der Waals surface area contributed by atoms with E-state index in [1.807, 2.05) is 6.92 Å². The van der Waals surface area contributed by atoms with Crippen molar-refractivity contribution in [2.24, 2.45) is 5.92 Å². The minimum absolute atomic E-state index is 0.0637. The van der Waals surface area contributed by atoms with Crippen LogP contribution in [-0.4, -0.2) is 55.4 Å². The number of hydrogen-bond donors (Lipinski definition) is 2. The lowest BCUT2D eigenvalue weighted by molar-refractivity contribution is 0.0600. The summed E-state index contributed by atoms with van der Waals surface area (Å²) in [5.74, 6) is 0.292. The number of esters is 1. The fraction of sp³-hybridized carbons (Fsp3) is 0.529. The number of nitrogens with zero attached hydrogens (tertiary/aromatic N) is 1. The van der Waals surface area contributed by atoms with E-state index in [1.165, 1.54) is 25.2 Å². The van der Waals surface area contributed by atoms with E-state index in [9.17, 15) is 9.59 Å². The smallest absolute Gasteiger partial charge is 0.407 e. The van der Waals surface area contributed by atoms with Gasteiger partial charge in [0.25, 0.3) is 0 Å². The van der Waals surface area contributed by atoms with Gasteiger partial charge in [-0.15, -0.1) is 0 Å². The molecule has 0 bridgehead atoms. The summed E-state index contributed by atoms with van der Waals surface area (Å²) in [6, 6.07) is 3.22. The average Bonchev–Trinajstić information content (AvgIpc) is 2.60. The predicted molar refractivity (Wildman–Crippen MR) is 94.8 cm³/mol. The molecule has 0 aliphatic carbocycles. The lowest BCUT2D eigenvalue weighted by Gasteiger charge is -2.34. The number of anilines is 1. The highest BCUT2D eigenvalue weighted by atomic mass is 35.5. The van der Waals surface area contributed by atoms with E-state index in [-0.39, 0.29) is 6.04 Å². The molecular weight excluding hydrogens is 348 g/mol. The molecule has 1 saturated heterocycles. The molecule has 7 nitrogen and oxygen atoms in total. The number of hydrogen-bond acceptors (Lipinski definition) is 5. The van der Waals surface area contributed by atoms with Gasteiger partial charge in [-0.3, -0.25) is 0 Å². The number of rotatable bonds is 5. The molecule has 1 aliphatic heterocycles. The third-order valence-corrected chi connectivity index (χ3v) is 4.85. The summed E-state index contributed by atoms with van der Waals surface area (Å²) >= 11 is 6.21. The van der Waals surface area contributed by atoms with Crippen LogP contribution in [-0.2, 0) is 4.74 Å². The van der Waals surface area contributed by atoms with E-state index in [0.29, 0.717) is 41.0 Å². The van der Waals surface area contributed by atoms with Crippen LogP contribution in [0, 0.1) is 5.92 Å². The molecule has 1 aromatic rings.